The van der Waals surface area contributed by atoms with E-state index in [1.54, 1.807) is 18.2 Å². The lowest BCUT2D eigenvalue weighted by Crippen LogP contribution is -1.88. The molecule has 0 aliphatic heterocycles. The molecule has 0 saturated carbocycles. The Kier molecular flexibility index (Phi) is 3.17. The number of carbonyl (C=O) groups is 1. The maximum Gasteiger partial charge on any atom is 0.152 e. The van der Waals surface area contributed by atoms with E-state index in [0.717, 1.165) is 6.07 Å². The molecule has 1 aromatic heterocycles. The van der Waals surface area contributed by atoms with Crippen molar-refractivity contribution in [2.45, 2.75) is 0 Å². The number of rotatable bonds is 3. The van der Waals surface area contributed by atoms with Crippen LogP contribution in [0.15, 0.2) is 36.4 Å². The second-order valence-electron chi connectivity index (χ2n) is 4.57. The summed E-state index contributed by atoms with van der Waals surface area (Å²) in [5.74, 6) is -0.848. The first-order valence-electron chi connectivity index (χ1n) is 6.24. The Morgan fingerprint density at radius 2 is 1.86 bits per heavy atom. The summed E-state index contributed by atoms with van der Waals surface area (Å²) in [6.07, 6.45) is 0.663. The minimum atomic E-state index is -0.701. The monoisotopic (exact) mass is 287 g/mol. The van der Waals surface area contributed by atoms with Crippen LogP contribution in [0.2, 0.25) is 0 Å². The van der Waals surface area contributed by atoms with Crippen molar-refractivity contribution in [1.29, 1.82) is 0 Å². The lowest BCUT2D eigenvalue weighted by molar-refractivity contribution is 0.112. The Bertz CT molecular complexity index is 819. The smallest absolute Gasteiger partial charge is 0.152 e. The summed E-state index contributed by atoms with van der Waals surface area (Å²) in [4.78, 5) is 14.4. The van der Waals surface area contributed by atoms with Gasteiger partial charge in [-0.1, -0.05) is 12.1 Å². The Balaban J connectivity index is 2.34. The lowest BCUT2D eigenvalue weighted by Gasteiger charge is -2.01. The van der Waals surface area contributed by atoms with Crippen LogP contribution in [0.5, 0.6) is 5.75 Å². The van der Waals surface area contributed by atoms with E-state index < -0.39 is 11.6 Å². The van der Waals surface area contributed by atoms with E-state index in [9.17, 15) is 13.6 Å². The third-order valence-corrected chi connectivity index (χ3v) is 3.32. The number of benzene rings is 2. The Morgan fingerprint density at radius 1 is 1.14 bits per heavy atom. The Hall–Kier alpha value is -2.69. The number of fused-ring (bicyclic) bond motifs is 1. The third kappa shape index (κ3) is 2.16. The molecule has 3 nitrogen and oxygen atoms in total. The van der Waals surface area contributed by atoms with Gasteiger partial charge in [0.15, 0.2) is 6.29 Å². The zero-order chi connectivity index (χ0) is 15.0. The Labute approximate surface area is 119 Å². The minimum Gasteiger partial charge on any atom is -0.495 e. The first kappa shape index (κ1) is 13.3. The minimum absolute atomic E-state index is 0.271. The van der Waals surface area contributed by atoms with Gasteiger partial charge in [0.05, 0.1) is 18.3 Å². The summed E-state index contributed by atoms with van der Waals surface area (Å²) >= 11 is 0. The summed E-state index contributed by atoms with van der Waals surface area (Å²) in [5, 5.41) is 0.643. The van der Waals surface area contributed by atoms with Crippen molar-refractivity contribution < 1.29 is 18.3 Å². The normalized spacial score (nSPS) is 10.8. The molecule has 3 aromatic rings. The molecule has 21 heavy (non-hydrogen) atoms. The maximum atomic E-state index is 13.4. The molecular formula is C16H11F2NO2. The van der Waals surface area contributed by atoms with Gasteiger partial charge in [0.2, 0.25) is 0 Å². The van der Waals surface area contributed by atoms with Crippen LogP contribution >= 0.6 is 0 Å². The molecule has 0 aliphatic rings. The highest BCUT2D eigenvalue weighted by Crippen LogP contribution is 2.34. The van der Waals surface area contributed by atoms with Crippen LogP contribution in [-0.4, -0.2) is 18.4 Å². The van der Waals surface area contributed by atoms with E-state index in [2.05, 4.69) is 4.98 Å². The number of aldehydes is 1. The summed E-state index contributed by atoms with van der Waals surface area (Å²) in [5.41, 5.74) is 1.59. The molecular weight excluding hydrogens is 276 g/mol. The van der Waals surface area contributed by atoms with Crippen molar-refractivity contribution >= 4 is 17.2 Å². The molecule has 1 heterocycles. The Morgan fingerprint density at radius 3 is 2.48 bits per heavy atom. The standard InChI is InChI=1S/C16H11F2NO2/c1-21-14-4-2-3-12-13(8-20)15(19-16(12)14)9-5-10(17)7-11(18)6-9/h2-8,19H,1H3. The van der Waals surface area contributed by atoms with Crippen LogP contribution in [0.25, 0.3) is 22.2 Å². The van der Waals surface area contributed by atoms with Gasteiger partial charge in [-0.05, 0) is 18.2 Å². The second-order valence-corrected chi connectivity index (χ2v) is 4.57. The molecule has 2 aromatic carbocycles. The number of methoxy groups -OCH3 is 1. The quantitative estimate of drug-likeness (QED) is 0.741. The van der Waals surface area contributed by atoms with Crippen LogP contribution < -0.4 is 4.74 Å². The number of aromatic amines is 1. The lowest BCUT2D eigenvalue weighted by atomic mass is 10.1. The average Bonchev–Trinajstić information content (AvgIpc) is 2.84. The molecule has 0 bridgehead atoms. The zero-order valence-electron chi connectivity index (χ0n) is 11.1. The van der Waals surface area contributed by atoms with Gasteiger partial charge in [0, 0.05) is 22.6 Å². The number of nitrogens with one attached hydrogen (secondary N) is 1. The number of para-hydroxylation sites is 1. The molecule has 0 radical (unpaired) electrons. The van der Waals surface area contributed by atoms with E-state index in [0.29, 0.717) is 34.2 Å². The molecule has 106 valence electrons. The number of aromatic nitrogens is 1. The second kappa shape index (κ2) is 5.01. The molecule has 3 rings (SSSR count). The zero-order valence-corrected chi connectivity index (χ0v) is 11.1. The van der Waals surface area contributed by atoms with E-state index in [1.165, 1.54) is 19.2 Å². The summed E-state index contributed by atoms with van der Waals surface area (Å²) < 4.78 is 32.0. The van der Waals surface area contributed by atoms with Crippen molar-refractivity contribution in [3.8, 4) is 17.0 Å². The van der Waals surface area contributed by atoms with Crippen LogP contribution in [0.4, 0.5) is 8.78 Å². The van der Waals surface area contributed by atoms with Gasteiger partial charge in [-0.2, -0.15) is 0 Å². The van der Waals surface area contributed by atoms with Crippen molar-refractivity contribution in [3.63, 3.8) is 0 Å². The number of carbonyl (C=O) groups excluding carboxylic acids is 1. The molecule has 5 heteroatoms. The van der Waals surface area contributed by atoms with Crippen LogP contribution in [0.3, 0.4) is 0 Å². The highest BCUT2D eigenvalue weighted by atomic mass is 19.1. The SMILES string of the molecule is COc1cccc2c(C=O)c(-c3cc(F)cc(F)c3)[nH]c12. The van der Waals surface area contributed by atoms with E-state index >= 15 is 0 Å². The molecule has 0 amide bonds. The number of ether oxygens (including phenoxy) is 1. The van der Waals surface area contributed by atoms with Gasteiger partial charge in [-0.3, -0.25) is 4.79 Å². The molecule has 0 unspecified atom stereocenters. The van der Waals surface area contributed by atoms with Gasteiger partial charge >= 0.3 is 0 Å². The fraction of sp³-hybridized carbons (Fsp3) is 0.0625. The molecule has 0 aliphatic carbocycles. The van der Waals surface area contributed by atoms with Crippen LogP contribution in [-0.2, 0) is 0 Å². The fourth-order valence-corrected chi connectivity index (χ4v) is 2.43. The fourth-order valence-electron chi connectivity index (χ4n) is 2.43. The van der Waals surface area contributed by atoms with Gasteiger partial charge < -0.3 is 9.72 Å². The van der Waals surface area contributed by atoms with Crippen molar-refractivity contribution in [3.05, 3.63) is 53.6 Å². The highest BCUT2D eigenvalue weighted by molar-refractivity contribution is 6.06. The first-order chi connectivity index (χ1) is 10.1. The number of hydrogen-bond donors (Lipinski definition) is 1. The van der Waals surface area contributed by atoms with Crippen LogP contribution in [0.1, 0.15) is 10.4 Å². The number of H-pyrrole nitrogens is 1. The van der Waals surface area contributed by atoms with Crippen molar-refractivity contribution in [2.24, 2.45) is 0 Å². The summed E-state index contributed by atoms with van der Waals surface area (Å²) in [6, 6.07) is 8.37. The van der Waals surface area contributed by atoms with E-state index in [-0.39, 0.29) is 5.56 Å². The largest absolute Gasteiger partial charge is 0.495 e. The van der Waals surface area contributed by atoms with Crippen LogP contribution in [0, 0.1) is 11.6 Å². The topological polar surface area (TPSA) is 42.1 Å². The van der Waals surface area contributed by atoms with Gasteiger partial charge in [0.25, 0.3) is 0 Å². The predicted octanol–water partition coefficient (Wildman–Crippen LogP) is 3.93. The third-order valence-electron chi connectivity index (χ3n) is 3.32. The summed E-state index contributed by atoms with van der Waals surface area (Å²) in [6.45, 7) is 0. The number of halogens is 2. The first-order valence-corrected chi connectivity index (χ1v) is 6.24. The highest BCUT2D eigenvalue weighted by Gasteiger charge is 2.16. The maximum absolute atomic E-state index is 13.4. The van der Waals surface area contributed by atoms with Gasteiger partial charge in [-0.15, -0.1) is 0 Å². The molecule has 0 atom stereocenters. The van der Waals surface area contributed by atoms with Gasteiger partial charge in [0.1, 0.15) is 17.4 Å². The molecule has 1 N–H and O–H groups in total. The average molecular weight is 287 g/mol. The van der Waals surface area contributed by atoms with Gasteiger partial charge in [-0.25, -0.2) is 8.78 Å². The number of hydrogen-bond acceptors (Lipinski definition) is 2. The molecule has 0 saturated heterocycles. The van der Waals surface area contributed by atoms with Crippen molar-refractivity contribution in [1.82, 2.24) is 4.98 Å². The van der Waals surface area contributed by atoms with E-state index in [1.807, 2.05) is 0 Å². The molecule has 0 fully saturated rings. The molecule has 0 spiro atoms. The summed E-state index contributed by atoms with van der Waals surface area (Å²) in [7, 11) is 1.51. The van der Waals surface area contributed by atoms with Crippen molar-refractivity contribution in [2.75, 3.05) is 7.11 Å². The van der Waals surface area contributed by atoms with E-state index in [4.69, 9.17) is 4.74 Å². The predicted molar refractivity (Wildman–Crippen MR) is 75.6 cm³/mol.